The minimum atomic E-state index is -4.00. The summed E-state index contributed by atoms with van der Waals surface area (Å²) in [4.78, 5) is 16.5. The number of aromatic amines is 1. The number of halogens is 1. The number of carbonyl (C=O) groups excluding carboxylic acids is 1. The van der Waals surface area contributed by atoms with Crippen molar-refractivity contribution in [2.24, 2.45) is 0 Å². The first-order valence-electron chi connectivity index (χ1n) is 10.4. The molecule has 2 heterocycles. The number of ether oxygens (including phenoxy) is 2. The van der Waals surface area contributed by atoms with Crippen LogP contribution in [0.3, 0.4) is 0 Å². The fourth-order valence-electron chi connectivity index (χ4n) is 3.78. The molecule has 0 bridgehead atoms. The quantitative estimate of drug-likeness (QED) is 0.356. The number of nitrogens with one attached hydrogen (secondary N) is 3. The van der Waals surface area contributed by atoms with E-state index in [4.69, 9.17) is 21.1 Å². The molecule has 3 aromatic carbocycles. The first kappa shape index (κ1) is 22.3. The number of hydrogen-bond donors (Lipinski definition) is 3. The van der Waals surface area contributed by atoms with Crippen molar-refractivity contribution < 1.29 is 22.7 Å². The van der Waals surface area contributed by atoms with Crippen molar-refractivity contribution in [3.63, 3.8) is 0 Å². The van der Waals surface area contributed by atoms with Crippen LogP contribution in [0.4, 0.5) is 5.69 Å². The Balaban J connectivity index is 1.44. The van der Waals surface area contributed by atoms with E-state index in [9.17, 15) is 13.2 Å². The molecular weight excluding hydrogens is 478 g/mol. The van der Waals surface area contributed by atoms with Gasteiger partial charge in [0.05, 0.1) is 4.90 Å². The van der Waals surface area contributed by atoms with Crippen molar-refractivity contribution in [3.05, 3.63) is 83.5 Å². The lowest BCUT2D eigenvalue weighted by Gasteiger charge is -2.19. The van der Waals surface area contributed by atoms with Crippen LogP contribution < -0.4 is 19.5 Å². The number of sulfonamides is 1. The zero-order valence-electron chi connectivity index (χ0n) is 17.7. The van der Waals surface area contributed by atoms with Gasteiger partial charge in [0.15, 0.2) is 11.5 Å². The zero-order valence-corrected chi connectivity index (χ0v) is 19.3. The van der Waals surface area contributed by atoms with Crippen LogP contribution >= 0.6 is 11.6 Å². The molecule has 5 rings (SSSR count). The van der Waals surface area contributed by atoms with E-state index < -0.39 is 22.0 Å². The molecule has 0 radical (unpaired) electrons. The molecule has 10 heteroatoms. The lowest BCUT2D eigenvalue weighted by atomic mass is 10.0. The van der Waals surface area contributed by atoms with Gasteiger partial charge in [-0.05, 0) is 54.4 Å². The second-order valence-electron chi connectivity index (χ2n) is 7.75. The Bertz CT molecular complexity index is 1470. The van der Waals surface area contributed by atoms with Crippen LogP contribution in [0.5, 0.6) is 11.5 Å². The summed E-state index contributed by atoms with van der Waals surface area (Å²) in [5, 5.41) is 4.11. The molecule has 0 saturated carbocycles. The molecular formula is C24H20ClN3O5S. The van der Waals surface area contributed by atoms with E-state index in [0.29, 0.717) is 22.2 Å². The number of hydrogen-bond acceptors (Lipinski definition) is 5. The van der Waals surface area contributed by atoms with Crippen molar-refractivity contribution in [3.8, 4) is 11.5 Å². The van der Waals surface area contributed by atoms with E-state index in [1.54, 1.807) is 24.4 Å². The Morgan fingerprint density at radius 2 is 1.79 bits per heavy atom. The van der Waals surface area contributed by atoms with E-state index in [1.807, 2.05) is 24.3 Å². The summed E-state index contributed by atoms with van der Waals surface area (Å²) in [5.41, 5.74) is 2.16. The Hall–Kier alpha value is -3.53. The molecule has 0 unspecified atom stereocenters. The maximum Gasteiger partial charge on any atom is 0.242 e. The van der Waals surface area contributed by atoms with Gasteiger partial charge in [-0.3, -0.25) is 4.79 Å². The Morgan fingerprint density at radius 3 is 2.62 bits per heavy atom. The van der Waals surface area contributed by atoms with Gasteiger partial charge in [-0.2, -0.15) is 4.72 Å². The SMILES string of the molecule is O=C(Nc1ccc2c(c1)OCO2)[C@@H](Cc1c[nH]c2ccccc12)NS(=O)(=O)c1ccc(Cl)cc1. The summed E-state index contributed by atoms with van der Waals surface area (Å²) in [6, 6.07) is 17.3. The first-order chi connectivity index (χ1) is 16.4. The number of amides is 1. The summed E-state index contributed by atoms with van der Waals surface area (Å²) in [5.74, 6) is 0.575. The number of H-pyrrole nitrogens is 1. The van der Waals surface area contributed by atoms with Gasteiger partial charge < -0.3 is 19.8 Å². The Morgan fingerprint density at radius 1 is 1.03 bits per heavy atom. The van der Waals surface area contributed by atoms with Gasteiger partial charge in [0.25, 0.3) is 0 Å². The van der Waals surface area contributed by atoms with Crippen LogP contribution in [0.1, 0.15) is 5.56 Å². The van der Waals surface area contributed by atoms with Gasteiger partial charge >= 0.3 is 0 Å². The normalized spacial score (nSPS) is 13.7. The summed E-state index contributed by atoms with van der Waals surface area (Å²) in [6.07, 6.45) is 1.91. The Labute approximate surface area is 200 Å². The molecule has 174 valence electrons. The molecule has 34 heavy (non-hydrogen) atoms. The van der Waals surface area contributed by atoms with Gasteiger partial charge in [0.2, 0.25) is 22.7 Å². The van der Waals surface area contributed by atoms with Crippen molar-refractivity contribution in [2.45, 2.75) is 17.4 Å². The van der Waals surface area contributed by atoms with Crippen LogP contribution in [0.15, 0.2) is 77.8 Å². The highest BCUT2D eigenvalue weighted by atomic mass is 35.5. The standard InChI is InChI=1S/C24H20ClN3O5S/c25-16-5-8-18(9-6-16)34(30,31)28-21(11-15-13-26-20-4-2-1-3-19(15)20)24(29)27-17-7-10-22-23(12-17)33-14-32-22/h1-10,12-13,21,26,28H,11,14H2,(H,27,29)/t21-/m1/s1. The maximum absolute atomic E-state index is 13.3. The molecule has 0 saturated heterocycles. The van der Waals surface area contributed by atoms with Gasteiger partial charge in [-0.15, -0.1) is 0 Å². The smallest absolute Gasteiger partial charge is 0.242 e. The third-order valence-electron chi connectivity index (χ3n) is 5.48. The number of rotatable bonds is 7. The van der Waals surface area contributed by atoms with E-state index in [0.717, 1.165) is 16.5 Å². The van der Waals surface area contributed by atoms with Crippen LogP contribution in [0.2, 0.25) is 5.02 Å². The molecule has 0 spiro atoms. The number of fused-ring (bicyclic) bond motifs is 2. The van der Waals surface area contributed by atoms with Gasteiger partial charge in [-0.1, -0.05) is 29.8 Å². The average Bonchev–Trinajstić information content (AvgIpc) is 3.45. The number of aromatic nitrogens is 1. The second kappa shape index (κ2) is 9.02. The number of para-hydroxylation sites is 1. The lowest BCUT2D eigenvalue weighted by molar-refractivity contribution is -0.117. The van der Waals surface area contributed by atoms with Crippen molar-refractivity contribution in [1.29, 1.82) is 0 Å². The van der Waals surface area contributed by atoms with Crippen LogP contribution in [0, 0.1) is 0 Å². The number of anilines is 1. The predicted octanol–water partition coefficient (Wildman–Crippen LogP) is 4.08. The van der Waals surface area contributed by atoms with E-state index in [-0.39, 0.29) is 18.1 Å². The molecule has 1 aromatic heterocycles. The maximum atomic E-state index is 13.3. The zero-order chi connectivity index (χ0) is 23.7. The summed E-state index contributed by atoms with van der Waals surface area (Å²) < 4.78 is 39.4. The molecule has 0 fully saturated rings. The van der Waals surface area contributed by atoms with E-state index >= 15 is 0 Å². The molecule has 1 aliphatic rings. The molecule has 1 aliphatic heterocycles. The topological polar surface area (TPSA) is 110 Å². The minimum Gasteiger partial charge on any atom is -0.454 e. The molecule has 1 amide bonds. The van der Waals surface area contributed by atoms with Gasteiger partial charge in [-0.25, -0.2) is 8.42 Å². The first-order valence-corrected chi connectivity index (χ1v) is 12.3. The van der Waals surface area contributed by atoms with Crippen LogP contribution in [-0.4, -0.2) is 32.1 Å². The average molecular weight is 498 g/mol. The van der Waals surface area contributed by atoms with E-state index in [1.165, 1.54) is 24.3 Å². The molecule has 3 N–H and O–H groups in total. The fraction of sp³-hybridized carbons (Fsp3) is 0.125. The predicted molar refractivity (Wildman–Crippen MR) is 129 cm³/mol. The molecule has 4 aromatic rings. The van der Waals surface area contributed by atoms with Gasteiger partial charge in [0, 0.05) is 33.9 Å². The number of carbonyl (C=O) groups is 1. The monoisotopic (exact) mass is 497 g/mol. The van der Waals surface area contributed by atoms with Gasteiger partial charge in [0.1, 0.15) is 6.04 Å². The van der Waals surface area contributed by atoms with Crippen LogP contribution in [0.25, 0.3) is 10.9 Å². The third kappa shape index (κ3) is 4.58. The van der Waals surface area contributed by atoms with Crippen molar-refractivity contribution >= 4 is 44.1 Å². The fourth-order valence-corrected chi connectivity index (χ4v) is 5.10. The van der Waals surface area contributed by atoms with Crippen molar-refractivity contribution in [1.82, 2.24) is 9.71 Å². The highest BCUT2D eigenvalue weighted by Gasteiger charge is 2.27. The molecule has 1 atom stereocenters. The second-order valence-corrected chi connectivity index (χ2v) is 9.90. The Kier molecular flexibility index (Phi) is 5.91. The summed E-state index contributed by atoms with van der Waals surface area (Å²) >= 11 is 5.90. The highest BCUT2D eigenvalue weighted by Crippen LogP contribution is 2.34. The summed E-state index contributed by atoms with van der Waals surface area (Å²) in [6.45, 7) is 0.108. The third-order valence-corrected chi connectivity index (χ3v) is 7.22. The lowest BCUT2D eigenvalue weighted by Crippen LogP contribution is -2.45. The molecule has 0 aliphatic carbocycles. The van der Waals surface area contributed by atoms with E-state index in [2.05, 4.69) is 15.0 Å². The highest BCUT2D eigenvalue weighted by molar-refractivity contribution is 7.89. The summed E-state index contributed by atoms with van der Waals surface area (Å²) in [7, 11) is -4.00. The largest absolute Gasteiger partial charge is 0.454 e. The minimum absolute atomic E-state index is 0.0108. The van der Waals surface area contributed by atoms with Crippen molar-refractivity contribution in [2.75, 3.05) is 12.1 Å². The molecule has 8 nitrogen and oxygen atoms in total. The number of benzene rings is 3. The van der Waals surface area contributed by atoms with Crippen LogP contribution in [-0.2, 0) is 21.2 Å².